The van der Waals surface area contributed by atoms with Crippen molar-refractivity contribution in [3.05, 3.63) is 62.9 Å². The molecule has 92 valence electrons. The summed E-state index contributed by atoms with van der Waals surface area (Å²) in [6, 6.07) is 9.71. The molecule has 0 bridgehead atoms. The molecule has 0 amide bonds. The van der Waals surface area contributed by atoms with E-state index < -0.39 is 10.7 Å². The molecule has 0 atom stereocenters. The van der Waals surface area contributed by atoms with Gasteiger partial charge in [-0.25, -0.2) is 4.39 Å². The van der Waals surface area contributed by atoms with Gasteiger partial charge in [-0.1, -0.05) is 15.9 Å². The molecule has 0 aliphatic rings. The second-order valence-corrected chi connectivity index (χ2v) is 4.34. The van der Waals surface area contributed by atoms with Gasteiger partial charge in [0.1, 0.15) is 11.6 Å². The SMILES string of the molecule is O=[N+]([O-])c1cc(Br)ccc1Oc1ccc(F)cc1. The quantitative estimate of drug-likeness (QED) is 0.627. The van der Waals surface area contributed by atoms with Gasteiger partial charge < -0.3 is 4.74 Å². The average molecular weight is 312 g/mol. The lowest BCUT2D eigenvalue weighted by Crippen LogP contribution is -1.93. The molecule has 0 fully saturated rings. The van der Waals surface area contributed by atoms with Gasteiger partial charge in [0.2, 0.25) is 5.75 Å². The molecule has 0 aromatic heterocycles. The highest BCUT2D eigenvalue weighted by atomic mass is 79.9. The van der Waals surface area contributed by atoms with Crippen LogP contribution in [0.3, 0.4) is 0 Å². The number of nitrogens with zero attached hydrogens (tertiary/aromatic N) is 1. The number of ether oxygens (including phenoxy) is 1. The van der Waals surface area contributed by atoms with Crippen molar-refractivity contribution in [2.45, 2.75) is 0 Å². The highest BCUT2D eigenvalue weighted by molar-refractivity contribution is 9.10. The number of halogens is 2. The maximum Gasteiger partial charge on any atom is 0.312 e. The zero-order chi connectivity index (χ0) is 13.1. The van der Waals surface area contributed by atoms with E-state index >= 15 is 0 Å². The first kappa shape index (κ1) is 12.5. The van der Waals surface area contributed by atoms with Crippen LogP contribution in [0.15, 0.2) is 46.9 Å². The fourth-order valence-electron chi connectivity index (χ4n) is 1.35. The van der Waals surface area contributed by atoms with E-state index in [1.165, 1.54) is 36.4 Å². The zero-order valence-electron chi connectivity index (χ0n) is 8.97. The van der Waals surface area contributed by atoms with E-state index in [1.807, 2.05) is 0 Å². The summed E-state index contributed by atoms with van der Waals surface area (Å²) < 4.78 is 18.7. The summed E-state index contributed by atoms with van der Waals surface area (Å²) in [5, 5.41) is 10.9. The Labute approximate surface area is 110 Å². The molecule has 0 saturated heterocycles. The molecule has 18 heavy (non-hydrogen) atoms. The molecular weight excluding hydrogens is 305 g/mol. The number of rotatable bonds is 3. The molecule has 0 heterocycles. The summed E-state index contributed by atoms with van der Waals surface area (Å²) in [5.41, 5.74) is -0.159. The van der Waals surface area contributed by atoms with E-state index in [0.717, 1.165) is 0 Å². The molecule has 0 aliphatic carbocycles. The van der Waals surface area contributed by atoms with Crippen molar-refractivity contribution in [3.8, 4) is 11.5 Å². The maximum absolute atomic E-state index is 12.7. The molecule has 6 heteroatoms. The van der Waals surface area contributed by atoms with Gasteiger partial charge in [0, 0.05) is 10.5 Å². The lowest BCUT2D eigenvalue weighted by atomic mass is 10.3. The molecule has 0 radical (unpaired) electrons. The van der Waals surface area contributed by atoms with E-state index in [-0.39, 0.29) is 11.4 Å². The standard InChI is InChI=1S/C12H7BrFNO3/c13-8-1-6-12(11(7-8)15(16)17)18-10-4-2-9(14)3-5-10/h1-7H. The van der Waals surface area contributed by atoms with Crippen LogP contribution in [-0.4, -0.2) is 4.92 Å². The van der Waals surface area contributed by atoms with Gasteiger partial charge in [0.05, 0.1) is 4.92 Å². The second kappa shape index (κ2) is 5.14. The first-order valence-electron chi connectivity index (χ1n) is 4.93. The van der Waals surface area contributed by atoms with Crippen molar-refractivity contribution in [1.82, 2.24) is 0 Å². The summed E-state index contributed by atoms with van der Waals surface area (Å²) in [7, 11) is 0. The van der Waals surface area contributed by atoms with E-state index in [1.54, 1.807) is 6.07 Å². The normalized spacial score (nSPS) is 10.1. The summed E-state index contributed by atoms with van der Waals surface area (Å²) in [5.74, 6) is 0.0456. The lowest BCUT2D eigenvalue weighted by molar-refractivity contribution is -0.385. The molecular formula is C12H7BrFNO3. The van der Waals surface area contributed by atoms with Crippen LogP contribution < -0.4 is 4.74 Å². The Morgan fingerprint density at radius 2 is 1.83 bits per heavy atom. The first-order valence-corrected chi connectivity index (χ1v) is 5.73. The van der Waals surface area contributed by atoms with Crippen LogP contribution in [0.5, 0.6) is 11.5 Å². The van der Waals surface area contributed by atoms with Crippen molar-refractivity contribution in [3.63, 3.8) is 0 Å². The van der Waals surface area contributed by atoms with E-state index in [0.29, 0.717) is 10.2 Å². The Kier molecular flexibility index (Phi) is 3.57. The molecule has 2 aromatic rings. The van der Waals surface area contributed by atoms with E-state index in [2.05, 4.69) is 15.9 Å². The zero-order valence-corrected chi connectivity index (χ0v) is 10.6. The molecule has 0 aliphatic heterocycles. The summed E-state index contributed by atoms with van der Waals surface area (Å²) in [6.07, 6.45) is 0. The van der Waals surface area contributed by atoms with Crippen molar-refractivity contribution in [2.24, 2.45) is 0 Å². The van der Waals surface area contributed by atoms with Crippen LogP contribution in [0.4, 0.5) is 10.1 Å². The van der Waals surface area contributed by atoms with Gasteiger partial charge in [-0.15, -0.1) is 0 Å². The molecule has 2 rings (SSSR count). The van der Waals surface area contributed by atoms with Gasteiger partial charge in [-0.2, -0.15) is 0 Å². The second-order valence-electron chi connectivity index (χ2n) is 3.43. The monoisotopic (exact) mass is 311 g/mol. The first-order chi connectivity index (χ1) is 8.56. The Bertz CT molecular complexity index is 586. The van der Waals surface area contributed by atoms with Crippen LogP contribution >= 0.6 is 15.9 Å². The highest BCUT2D eigenvalue weighted by Crippen LogP contribution is 2.33. The van der Waals surface area contributed by atoms with Crippen molar-refractivity contribution in [2.75, 3.05) is 0 Å². The predicted octanol–water partition coefficient (Wildman–Crippen LogP) is 4.29. The van der Waals surface area contributed by atoms with Crippen LogP contribution in [0.2, 0.25) is 0 Å². The highest BCUT2D eigenvalue weighted by Gasteiger charge is 2.16. The van der Waals surface area contributed by atoms with E-state index in [4.69, 9.17) is 4.74 Å². The molecule has 2 aromatic carbocycles. The van der Waals surface area contributed by atoms with Crippen molar-refractivity contribution < 1.29 is 14.1 Å². The summed E-state index contributed by atoms with van der Waals surface area (Å²) >= 11 is 3.15. The Hall–Kier alpha value is -1.95. The number of hydrogen-bond donors (Lipinski definition) is 0. The Balaban J connectivity index is 2.34. The number of nitro groups is 1. The van der Waals surface area contributed by atoms with Crippen LogP contribution in [-0.2, 0) is 0 Å². The van der Waals surface area contributed by atoms with Gasteiger partial charge in [0.25, 0.3) is 0 Å². The minimum atomic E-state index is -0.538. The smallest absolute Gasteiger partial charge is 0.312 e. The van der Waals surface area contributed by atoms with Gasteiger partial charge >= 0.3 is 5.69 Å². The minimum Gasteiger partial charge on any atom is -0.450 e. The third kappa shape index (κ3) is 2.84. The number of nitro benzene ring substituents is 1. The maximum atomic E-state index is 12.7. The topological polar surface area (TPSA) is 52.4 Å². The fourth-order valence-corrected chi connectivity index (χ4v) is 1.70. The molecule has 0 N–H and O–H groups in total. The third-order valence-electron chi connectivity index (χ3n) is 2.16. The lowest BCUT2D eigenvalue weighted by Gasteiger charge is -2.06. The van der Waals surface area contributed by atoms with Crippen molar-refractivity contribution >= 4 is 21.6 Å². The molecule has 0 unspecified atom stereocenters. The Morgan fingerprint density at radius 3 is 2.44 bits per heavy atom. The fraction of sp³-hybridized carbons (Fsp3) is 0. The summed E-state index contributed by atoms with van der Waals surface area (Å²) in [4.78, 5) is 10.3. The van der Waals surface area contributed by atoms with Gasteiger partial charge in [-0.05, 0) is 36.4 Å². The van der Waals surface area contributed by atoms with Gasteiger partial charge in [-0.3, -0.25) is 10.1 Å². The van der Waals surface area contributed by atoms with Crippen LogP contribution in [0, 0.1) is 15.9 Å². The third-order valence-corrected chi connectivity index (χ3v) is 2.65. The van der Waals surface area contributed by atoms with Gasteiger partial charge in [0.15, 0.2) is 0 Å². The molecule has 4 nitrogen and oxygen atoms in total. The van der Waals surface area contributed by atoms with Crippen molar-refractivity contribution in [1.29, 1.82) is 0 Å². The number of hydrogen-bond acceptors (Lipinski definition) is 3. The molecule has 0 spiro atoms. The largest absolute Gasteiger partial charge is 0.450 e. The van der Waals surface area contributed by atoms with Crippen LogP contribution in [0.25, 0.3) is 0 Å². The molecule has 0 saturated carbocycles. The predicted molar refractivity (Wildman–Crippen MR) is 67.3 cm³/mol. The minimum absolute atomic E-state index is 0.106. The van der Waals surface area contributed by atoms with Crippen LogP contribution in [0.1, 0.15) is 0 Å². The average Bonchev–Trinajstić information content (AvgIpc) is 2.34. The summed E-state index contributed by atoms with van der Waals surface area (Å²) in [6.45, 7) is 0. The Morgan fingerprint density at radius 1 is 1.17 bits per heavy atom. The van der Waals surface area contributed by atoms with E-state index in [9.17, 15) is 14.5 Å². The number of benzene rings is 2.